The Bertz CT molecular complexity index is 712. The molecule has 2 amide bonds. The fraction of sp³-hybridized carbons (Fsp3) is 0.235. The van der Waals surface area contributed by atoms with Crippen LogP contribution in [0.5, 0.6) is 0 Å². The van der Waals surface area contributed by atoms with Crippen LogP contribution in [0.4, 0.5) is 10.5 Å². The second kappa shape index (κ2) is 9.75. The zero-order valence-electron chi connectivity index (χ0n) is 13.4. The number of benzene rings is 1. The van der Waals surface area contributed by atoms with E-state index in [9.17, 15) is 9.59 Å². The molecule has 1 aromatic heterocycles. The van der Waals surface area contributed by atoms with Crippen molar-refractivity contribution in [2.24, 2.45) is 0 Å². The number of halogens is 1. The van der Waals surface area contributed by atoms with E-state index in [1.165, 1.54) is 11.1 Å². The number of carbonyl (C=O) groups is 2. The van der Waals surface area contributed by atoms with Gasteiger partial charge in [0.25, 0.3) is 5.91 Å². The van der Waals surface area contributed by atoms with Crippen LogP contribution in [0.15, 0.2) is 53.3 Å². The number of aromatic nitrogens is 1. The monoisotopic (exact) mass is 407 g/mol. The van der Waals surface area contributed by atoms with Crippen molar-refractivity contribution in [2.75, 3.05) is 31.2 Å². The van der Waals surface area contributed by atoms with Crippen molar-refractivity contribution in [2.45, 2.75) is 0 Å². The van der Waals surface area contributed by atoms with Crippen LogP contribution in [0.1, 0.15) is 10.4 Å². The predicted molar refractivity (Wildman–Crippen MR) is 96.5 cm³/mol. The second-order valence-corrected chi connectivity index (χ2v) is 5.89. The van der Waals surface area contributed by atoms with E-state index >= 15 is 0 Å². The lowest BCUT2D eigenvalue weighted by atomic mass is 10.2. The first kappa shape index (κ1) is 18.9. The summed E-state index contributed by atoms with van der Waals surface area (Å²) >= 11 is 3.30. The highest BCUT2D eigenvalue weighted by Crippen LogP contribution is 2.18. The molecule has 0 radical (unpaired) electrons. The molecule has 8 heteroatoms. The van der Waals surface area contributed by atoms with Gasteiger partial charge in [0.15, 0.2) is 0 Å². The smallest absolute Gasteiger partial charge is 0.407 e. The van der Waals surface area contributed by atoms with Crippen molar-refractivity contribution >= 4 is 33.6 Å². The molecule has 7 nitrogen and oxygen atoms in total. The Morgan fingerprint density at radius 1 is 1.24 bits per heavy atom. The van der Waals surface area contributed by atoms with Gasteiger partial charge in [-0.2, -0.15) is 0 Å². The number of rotatable bonds is 7. The fourth-order valence-electron chi connectivity index (χ4n) is 2.08. The van der Waals surface area contributed by atoms with Gasteiger partial charge in [-0.25, -0.2) is 4.79 Å². The maximum Gasteiger partial charge on any atom is 0.407 e. The van der Waals surface area contributed by atoms with Crippen LogP contribution in [-0.2, 0) is 4.74 Å². The van der Waals surface area contributed by atoms with Crippen LogP contribution in [0, 0.1) is 0 Å². The predicted octanol–water partition coefficient (Wildman–Crippen LogP) is 2.21. The highest BCUT2D eigenvalue weighted by Gasteiger charge is 2.18. The summed E-state index contributed by atoms with van der Waals surface area (Å²) in [7, 11) is 0. The summed E-state index contributed by atoms with van der Waals surface area (Å²) in [4.78, 5) is 29.8. The van der Waals surface area contributed by atoms with E-state index in [1.54, 1.807) is 24.4 Å². The molecule has 2 aromatic rings. The first-order valence-electron chi connectivity index (χ1n) is 7.61. The molecule has 25 heavy (non-hydrogen) atoms. The summed E-state index contributed by atoms with van der Waals surface area (Å²) in [5.41, 5.74) is 1.11. The van der Waals surface area contributed by atoms with E-state index in [4.69, 9.17) is 9.84 Å². The van der Waals surface area contributed by atoms with E-state index in [2.05, 4.69) is 26.2 Å². The molecular formula is C17H18BrN3O4. The number of ether oxygens (including phenoxy) is 1. The van der Waals surface area contributed by atoms with E-state index in [-0.39, 0.29) is 32.2 Å². The summed E-state index contributed by atoms with van der Waals surface area (Å²) < 4.78 is 5.73. The van der Waals surface area contributed by atoms with Crippen molar-refractivity contribution in [3.05, 3.63) is 58.8 Å². The number of amides is 2. The van der Waals surface area contributed by atoms with Crippen LogP contribution in [0.2, 0.25) is 0 Å². The number of anilines is 1. The number of alkyl carbamates (subject to hydrolysis) is 1. The number of nitrogens with zero attached hydrogens (tertiary/aromatic N) is 2. The molecule has 0 aliphatic rings. The molecule has 0 saturated heterocycles. The largest absolute Gasteiger partial charge is 0.448 e. The number of hydrogen-bond acceptors (Lipinski definition) is 5. The highest BCUT2D eigenvalue weighted by atomic mass is 79.9. The minimum atomic E-state index is -0.640. The number of hydrogen-bond donors (Lipinski definition) is 2. The summed E-state index contributed by atoms with van der Waals surface area (Å²) in [6, 6.07) is 10.8. The van der Waals surface area contributed by atoms with Crippen molar-refractivity contribution in [1.29, 1.82) is 0 Å². The third-order valence-electron chi connectivity index (χ3n) is 3.19. The third kappa shape index (κ3) is 5.84. The molecule has 0 fully saturated rings. The minimum Gasteiger partial charge on any atom is -0.448 e. The first-order valence-corrected chi connectivity index (χ1v) is 8.40. The number of para-hydroxylation sites is 1. The van der Waals surface area contributed by atoms with Gasteiger partial charge in [0.2, 0.25) is 0 Å². The van der Waals surface area contributed by atoms with E-state index in [1.807, 2.05) is 18.2 Å². The lowest BCUT2D eigenvalue weighted by molar-refractivity contribution is 0.0972. The van der Waals surface area contributed by atoms with Crippen molar-refractivity contribution in [3.63, 3.8) is 0 Å². The number of pyridine rings is 1. The van der Waals surface area contributed by atoms with Crippen LogP contribution in [0.25, 0.3) is 0 Å². The Labute approximate surface area is 153 Å². The van der Waals surface area contributed by atoms with Crippen LogP contribution >= 0.6 is 15.9 Å². The normalized spacial score (nSPS) is 10.2. The van der Waals surface area contributed by atoms with E-state index in [0.717, 1.165) is 0 Å². The maximum atomic E-state index is 12.8. The molecular weight excluding hydrogens is 390 g/mol. The zero-order valence-corrected chi connectivity index (χ0v) is 15.0. The number of carbonyl (C=O) groups excluding carboxylic acids is 2. The van der Waals surface area contributed by atoms with Gasteiger partial charge in [0, 0.05) is 29.1 Å². The van der Waals surface area contributed by atoms with Crippen LogP contribution in [-0.4, -0.2) is 48.4 Å². The summed E-state index contributed by atoms with van der Waals surface area (Å²) in [6.07, 6.45) is 2.44. The van der Waals surface area contributed by atoms with Gasteiger partial charge in [0.05, 0.1) is 18.7 Å². The molecule has 2 N–H and O–H groups in total. The number of nitrogens with one attached hydrogen (secondary N) is 1. The van der Waals surface area contributed by atoms with Gasteiger partial charge >= 0.3 is 6.09 Å². The topological polar surface area (TPSA) is 91.8 Å². The van der Waals surface area contributed by atoms with Gasteiger partial charge in [-0.1, -0.05) is 18.2 Å². The highest BCUT2D eigenvalue weighted by molar-refractivity contribution is 9.10. The standard InChI is InChI=1S/C17H18BrN3O4/c18-14-10-13(11-19-12-14)16(23)21(15-4-2-1-3-5-15)7-9-25-17(24)20-6-8-22/h1-5,10-12,22H,6-9H2,(H,20,24). The molecule has 1 heterocycles. The lowest BCUT2D eigenvalue weighted by Gasteiger charge is -2.22. The fourth-order valence-corrected chi connectivity index (χ4v) is 2.44. The molecule has 0 spiro atoms. The number of aliphatic hydroxyl groups is 1. The van der Waals surface area contributed by atoms with Gasteiger partial charge in [-0.15, -0.1) is 0 Å². The summed E-state index contributed by atoms with van der Waals surface area (Å²) in [5, 5.41) is 11.0. The Kier molecular flexibility index (Phi) is 7.36. The van der Waals surface area contributed by atoms with Gasteiger partial charge < -0.3 is 20.1 Å². The van der Waals surface area contributed by atoms with Crippen molar-refractivity contribution in [1.82, 2.24) is 10.3 Å². The van der Waals surface area contributed by atoms with Crippen molar-refractivity contribution < 1.29 is 19.4 Å². The Hall–Kier alpha value is -2.45. The Morgan fingerprint density at radius 3 is 2.68 bits per heavy atom. The summed E-state index contributed by atoms with van der Waals surface area (Å²) in [6.45, 7) is 0.144. The average Bonchev–Trinajstić information content (AvgIpc) is 2.63. The van der Waals surface area contributed by atoms with Gasteiger partial charge in [0.1, 0.15) is 6.61 Å². The Balaban J connectivity index is 2.09. The molecule has 0 unspecified atom stereocenters. The third-order valence-corrected chi connectivity index (χ3v) is 3.63. The van der Waals surface area contributed by atoms with Crippen LogP contribution < -0.4 is 10.2 Å². The molecule has 0 aliphatic heterocycles. The SMILES string of the molecule is O=C(NCCO)OCCN(C(=O)c1cncc(Br)c1)c1ccccc1. The molecule has 1 aromatic carbocycles. The molecule has 132 valence electrons. The zero-order chi connectivity index (χ0) is 18.1. The second-order valence-electron chi connectivity index (χ2n) is 4.97. The number of aliphatic hydroxyl groups excluding tert-OH is 1. The molecule has 0 atom stereocenters. The van der Waals surface area contributed by atoms with E-state index < -0.39 is 6.09 Å². The molecule has 0 saturated carbocycles. The average molecular weight is 408 g/mol. The van der Waals surface area contributed by atoms with E-state index in [0.29, 0.717) is 15.7 Å². The molecule has 0 aliphatic carbocycles. The quantitative estimate of drug-likeness (QED) is 0.733. The van der Waals surface area contributed by atoms with Gasteiger partial charge in [-0.05, 0) is 34.1 Å². The summed E-state index contributed by atoms with van der Waals surface area (Å²) in [5.74, 6) is -0.251. The van der Waals surface area contributed by atoms with Crippen LogP contribution in [0.3, 0.4) is 0 Å². The van der Waals surface area contributed by atoms with Crippen molar-refractivity contribution in [3.8, 4) is 0 Å². The lowest BCUT2D eigenvalue weighted by Crippen LogP contribution is -2.36. The van der Waals surface area contributed by atoms with Gasteiger partial charge in [-0.3, -0.25) is 9.78 Å². The molecule has 0 bridgehead atoms. The first-order chi connectivity index (χ1) is 12.1. The molecule has 2 rings (SSSR count). The maximum absolute atomic E-state index is 12.8. The minimum absolute atomic E-state index is 0.0132. The Morgan fingerprint density at radius 2 is 2.00 bits per heavy atom.